The molecule has 0 saturated carbocycles. The summed E-state index contributed by atoms with van der Waals surface area (Å²) >= 11 is 6.18. The zero-order chi connectivity index (χ0) is 19.2. The number of ether oxygens (including phenoxy) is 1. The van der Waals surface area contributed by atoms with Gasteiger partial charge in [-0.1, -0.05) is 61.0 Å². The highest BCUT2D eigenvalue weighted by Gasteiger charge is 2.13. The molecule has 0 aromatic heterocycles. The summed E-state index contributed by atoms with van der Waals surface area (Å²) in [4.78, 5) is 24.6. The fraction of sp³-hybridized carbons (Fsp3) is 0.182. The van der Waals surface area contributed by atoms with Crippen LogP contribution < -0.4 is 5.32 Å². The lowest BCUT2D eigenvalue weighted by Gasteiger charge is -2.11. The van der Waals surface area contributed by atoms with E-state index in [2.05, 4.69) is 5.32 Å². The van der Waals surface area contributed by atoms with E-state index in [4.69, 9.17) is 16.3 Å². The van der Waals surface area contributed by atoms with Gasteiger partial charge < -0.3 is 10.1 Å². The highest BCUT2D eigenvalue weighted by Crippen LogP contribution is 2.25. The number of hydrogen-bond donors (Lipinski definition) is 1. The van der Waals surface area contributed by atoms with Gasteiger partial charge in [0.2, 0.25) is 5.91 Å². The lowest BCUT2D eigenvalue weighted by Crippen LogP contribution is -2.15. The second-order valence-electron chi connectivity index (χ2n) is 6.19. The molecule has 0 aliphatic rings. The molecule has 3 aromatic carbocycles. The molecule has 0 heterocycles. The fourth-order valence-electron chi connectivity index (χ4n) is 2.84. The maximum atomic E-state index is 12.5. The highest BCUT2D eigenvalue weighted by molar-refractivity contribution is 6.33. The minimum absolute atomic E-state index is 0.202. The van der Waals surface area contributed by atoms with E-state index in [1.807, 2.05) is 49.4 Å². The van der Waals surface area contributed by atoms with Crippen LogP contribution in [0.1, 0.15) is 29.3 Å². The van der Waals surface area contributed by atoms with Crippen molar-refractivity contribution in [2.45, 2.75) is 19.8 Å². The van der Waals surface area contributed by atoms with Crippen molar-refractivity contribution in [2.24, 2.45) is 0 Å². The molecule has 1 N–H and O–H groups in total. The van der Waals surface area contributed by atoms with Crippen LogP contribution in [0.4, 0.5) is 5.69 Å². The van der Waals surface area contributed by atoms with Crippen LogP contribution in [-0.4, -0.2) is 18.5 Å². The van der Waals surface area contributed by atoms with Crippen LogP contribution in [0.15, 0.2) is 60.7 Å². The van der Waals surface area contributed by atoms with E-state index in [1.165, 1.54) is 0 Å². The predicted molar refractivity (Wildman–Crippen MR) is 108 cm³/mol. The molecule has 5 heteroatoms. The largest absolute Gasteiger partial charge is 0.462 e. The molecule has 3 aromatic rings. The first-order valence-electron chi connectivity index (χ1n) is 8.81. The maximum absolute atomic E-state index is 12.5. The van der Waals surface area contributed by atoms with Crippen molar-refractivity contribution in [3.05, 3.63) is 76.8 Å². The molecule has 0 bridgehead atoms. The topological polar surface area (TPSA) is 55.4 Å². The molecule has 0 atom stereocenters. The molecule has 0 unspecified atom stereocenters. The third-order valence-electron chi connectivity index (χ3n) is 4.14. The summed E-state index contributed by atoms with van der Waals surface area (Å²) in [5.74, 6) is -0.634. The van der Waals surface area contributed by atoms with Gasteiger partial charge in [-0.05, 0) is 41.0 Å². The predicted octanol–water partition coefficient (Wildman–Crippen LogP) is 5.24. The van der Waals surface area contributed by atoms with E-state index in [0.29, 0.717) is 22.9 Å². The molecule has 0 aliphatic carbocycles. The van der Waals surface area contributed by atoms with Crippen LogP contribution >= 0.6 is 11.6 Å². The van der Waals surface area contributed by atoms with Crippen LogP contribution in [0.3, 0.4) is 0 Å². The van der Waals surface area contributed by atoms with Gasteiger partial charge in [0.25, 0.3) is 0 Å². The van der Waals surface area contributed by atoms with Crippen molar-refractivity contribution < 1.29 is 14.3 Å². The Morgan fingerprint density at radius 3 is 2.63 bits per heavy atom. The summed E-state index contributed by atoms with van der Waals surface area (Å²) in [7, 11) is 0. The monoisotopic (exact) mass is 381 g/mol. The number of carbonyl (C=O) groups is 2. The van der Waals surface area contributed by atoms with E-state index in [-0.39, 0.29) is 12.3 Å². The number of benzene rings is 3. The van der Waals surface area contributed by atoms with Gasteiger partial charge in [0.15, 0.2) is 0 Å². The number of carbonyl (C=O) groups excluding carboxylic acids is 2. The van der Waals surface area contributed by atoms with E-state index >= 15 is 0 Å². The van der Waals surface area contributed by atoms with E-state index in [0.717, 1.165) is 22.8 Å². The van der Waals surface area contributed by atoms with E-state index in [9.17, 15) is 9.59 Å². The van der Waals surface area contributed by atoms with Crippen molar-refractivity contribution in [2.75, 3.05) is 11.9 Å². The Kier molecular flexibility index (Phi) is 6.09. The average molecular weight is 382 g/mol. The summed E-state index contributed by atoms with van der Waals surface area (Å²) in [6.07, 6.45) is 0.955. The molecular formula is C22H20ClNO3. The molecule has 3 rings (SSSR count). The Balaban J connectivity index is 1.76. The molecule has 4 nitrogen and oxygen atoms in total. The first kappa shape index (κ1) is 18.9. The summed E-state index contributed by atoms with van der Waals surface area (Å²) < 4.78 is 5.13. The second-order valence-corrected chi connectivity index (χ2v) is 6.60. The Bertz CT molecular complexity index is 979. The Labute approximate surface area is 163 Å². The lowest BCUT2D eigenvalue weighted by atomic mass is 10.0. The van der Waals surface area contributed by atoms with Crippen molar-refractivity contribution in [1.29, 1.82) is 0 Å². The second kappa shape index (κ2) is 8.69. The molecular weight excluding hydrogens is 362 g/mol. The maximum Gasteiger partial charge on any atom is 0.338 e. The molecule has 138 valence electrons. The molecule has 0 spiro atoms. The summed E-state index contributed by atoms with van der Waals surface area (Å²) in [5, 5.41) is 5.29. The third kappa shape index (κ3) is 4.66. The number of halogens is 1. The molecule has 0 saturated heterocycles. The molecule has 27 heavy (non-hydrogen) atoms. The Morgan fingerprint density at radius 2 is 1.81 bits per heavy atom. The third-order valence-corrected chi connectivity index (χ3v) is 4.47. The minimum Gasteiger partial charge on any atom is -0.462 e. The Hall–Kier alpha value is -2.85. The van der Waals surface area contributed by atoms with Gasteiger partial charge in [-0.2, -0.15) is 0 Å². The van der Waals surface area contributed by atoms with Gasteiger partial charge >= 0.3 is 5.97 Å². The molecule has 0 aliphatic heterocycles. The average Bonchev–Trinajstić information content (AvgIpc) is 2.68. The molecule has 0 fully saturated rings. The number of esters is 1. The van der Waals surface area contributed by atoms with Gasteiger partial charge in [-0.15, -0.1) is 0 Å². The van der Waals surface area contributed by atoms with Gasteiger partial charge in [0, 0.05) is 0 Å². The number of rotatable bonds is 6. The molecule has 0 radical (unpaired) electrons. The number of hydrogen-bond acceptors (Lipinski definition) is 3. The fourth-order valence-corrected chi connectivity index (χ4v) is 3.00. The quantitative estimate of drug-likeness (QED) is 0.594. The first-order valence-corrected chi connectivity index (χ1v) is 9.19. The van der Waals surface area contributed by atoms with Crippen molar-refractivity contribution >= 4 is 39.9 Å². The van der Waals surface area contributed by atoms with Crippen LogP contribution in [0.2, 0.25) is 5.02 Å². The SMILES string of the molecule is CCCOC(=O)c1ccc(Cl)c(NC(=O)Cc2cccc3ccccc23)c1. The zero-order valence-electron chi connectivity index (χ0n) is 15.0. The summed E-state index contributed by atoms with van der Waals surface area (Å²) in [5.41, 5.74) is 1.68. The summed E-state index contributed by atoms with van der Waals surface area (Å²) in [6.45, 7) is 2.28. The van der Waals surface area contributed by atoms with E-state index in [1.54, 1.807) is 18.2 Å². The van der Waals surface area contributed by atoms with Gasteiger partial charge in [0.1, 0.15) is 0 Å². The normalized spacial score (nSPS) is 10.6. The smallest absolute Gasteiger partial charge is 0.338 e. The minimum atomic E-state index is -0.432. The zero-order valence-corrected chi connectivity index (χ0v) is 15.8. The van der Waals surface area contributed by atoms with Gasteiger partial charge in [0.05, 0.1) is 29.3 Å². The number of amides is 1. The van der Waals surface area contributed by atoms with Crippen LogP contribution in [-0.2, 0) is 16.0 Å². The standard InChI is InChI=1S/C22H20ClNO3/c1-2-12-27-22(26)17-10-11-19(23)20(13-17)24-21(25)14-16-8-5-7-15-6-3-4-9-18(15)16/h3-11,13H,2,12,14H2,1H3,(H,24,25). The van der Waals surface area contributed by atoms with Crippen LogP contribution in [0.5, 0.6) is 0 Å². The number of anilines is 1. The van der Waals surface area contributed by atoms with Gasteiger partial charge in [-0.25, -0.2) is 4.79 Å². The Morgan fingerprint density at radius 1 is 1.04 bits per heavy atom. The van der Waals surface area contributed by atoms with Crippen LogP contribution in [0, 0.1) is 0 Å². The molecule has 1 amide bonds. The highest BCUT2D eigenvalue weighted by atomic mass is 35.5. The first-order chi connectivity index (χ1) is 13.1. The van der Waals surface area contributed by atoms with E-state index < -0.39 is 5.97 Å². The lowest BCUT2D eigenvalue weighted by molar-refractivity contribution is -0.115. The van der Waals surface area contributed by atoms with Crippen LogP contribution in [0.25, 0.3) is 10.8 Å². The van der Waals surface area contributed by atoms with Crippen molar-refractivity contribution in [3.8, 4) is 0 Å². The van der Waals surface area contributed by atoms with Gasteiger partial charge in [-0.3, -0.25) is 4.79 Å². The van der Waals surface area contributed by atoms with Crippen molar-refractivity contribution in [3.63, 3.8) is 0 Å². The number of nitrogens with one attached hydrogen (secondary N) is 1. The van der Waals surface area contributed by atoms with Crippen molar-refractivity contribution in [1.82, 2.24) is 0 Å². The summed E-state index contributed by atoms with van der Waals surface area (Å²) in [6, 6.07) is 18.5. The number of fused-ring (bicyclic) bond motifs is 1.